The normalized spacial score (nSPS) is 10.9. The summed E-state index contributed by atoms with van der Waals surface area (Å²) in [5.74, 6) is -0.309. The highest BCUT2D eigenvalue weighted by Crippen LogP contribution is 2.35. The standard InChI is InChI=1S/C21H14ClN3O4/c1-28-10-14-19-12-7-11(29-18-4-2-3-15(22)13(18)8-23)5-6-16(12)25-17(19)9-24-20(14)21(26)27/h2-7,9,25H,10H2,1H3,(H,26,27). The summed E-state index contributed by atoms with van der Waals surface area (Å²) < 4.78 is 11.1. The van der Waals surface area contributed by atoms with Gasteiger partial charge in [0.2, 0.25) is 0 Å². The number of pyridine rings is 1. The lowest BCUT2D eigenvalue weighted by Gasteiger charge is -2.09. The zero-order valence-corrected chi connectivity index (χ0v) is 15.9. The summed E-state index contributed by atoms with van der Waals surface area (Å²) in [5.41, 5.74) is 2.13. The van der Waals surface area contributed by atoms with E-state index in [1.165, 1.54) is 13.3 Å². The average Bonchev–Trinajstić information content (AvgIpc) is 3.07. The van der Waals surface area contributed by atoms with Crippen molar-refractivity contribution in [3.8, 4) is 17.6 Å². The number of aromatic carboxylic acids is 1. The maximum atomic E-state index is 11.6. The molecule has 0 saturated carbocycles. The first-order valence-electron chi connectivity index (χ1n) is 8.55. The van der Waals surface area contributed by atoms with E-state index < -0.39 is 5.97 Å². The molecule has 2 heterocycles. The van der Waals surface area contributed by atoms with Crippen LogP contribution in [0, 0.1) is 11.3 Å². The first-order chi connectivity index (χ1) is 14.0. The number of rotatable bonds is 5. The summed E-state index contributed by atoms with van der Waals surface area (Å²) in [5, 5.41) is 20.6. The third-order valence-corrected chi connectivity index (χ3v) is 4.83. The number of ether oxygens (including phenoxy) is 2. The molecular formula is C21H14ClN3O4. The van der Waals surface area contributed by atoms with Gasteiger partial charge in [0, 0.05) is 29.0 Å². The number of aromatic nitrogens is 2. The van der Waals surface area contributed by atoms with Crippen LogP contribution in [0.2, 0.25) is 5.02 Å². The number of nitrogens with zero attached hydrogens (tertiary/aromatic N) is 2. The maximum absolute atomic E-state index is 11.6. The second kappa shape index (κ2) is 7.43. The number of H-pyrrole nitrogens is 1. The SMILES string of the molecule is COCc1c(C(=O)O)ncc2[nH]c3ccc(Oc4cccc(Cl)c4C#N)cc3c12. The molecule has 0 spiro atoms. The van der Waals surface area contributed by atoms with Crippen LogP contribution >= 0.6 is 11.6 Å². The predicted octanol–water partition coefficient (Wildman–Crippen LogP) is 4.88. The van der Waals surface area contributed by atoms with Crippen molar-refractivity contribution in [2.75, 3.05) is 7.11 Å². The molecule has 4 rings (SSSR count). The summed E-state index contributed by atoms with van der Waals surface area (Å²) in [6.45, 7) is 0.0941. The third kappa shape index (κ3) is 3.25. The van der Waals surface area contributed by atoms with E-state index in [1.54, 1.807) is 30.3 Å². The van der Waals surface area contributed by atoms with E-state index in [4.69, 9.17) is 21.1 Å². The van der Waals surface area contributed by atoms with Crippen LogP contribution in [0.3, 0.4) is 0 Å². The fourth-order valence-corrected chi connectivity index (χ4v) is 3.50. The molecule has 29 heavy (non-hydrogen) atoms. The average molecular weight is 408 g/mol. The summed E-state index contributed by atoms with van der Waals surface area (Å²) in [6, 6.07) is 12.4. The zero-order chi connectivity index (χ0) is 20.5. The molecule has 144 valence electrons. The van der Waals surface area contributed by atoms with Gasteiger partial charge < -0.3 is 19.6 Å². The van der Waals surface area contributed by atoms with Crippen LogP contribution in [0.1, 0.15) is 21.6 Å². The molecule has 0 aliphatic rings. The smallest absolute Gasteiger partial charge is 0.354 e. The molecule has 0 radical (unpaired) electrons. The highest BCUT2D eigenvalue weighted by Gasteiger charge is 2.19. The lowest BCUT2D eigenvalue weighted by atomic mass is 10.1. The number of methoxy groups -OCH3 is 1. The van der Waals surface area contributed by atoms with Gasteiger partial charge >= 0.3 is 5.97 Å². The number of hydrogen-bond donors (Lipinski definition) is 2. The van der Waals surface area contributed by atoms with E-state index in [0.717, 1.165) is 10.9 Å². The first kappa shape index (κ1) is 18.7. The second-order valence-corrected chi connectivity index (χ2v) is 6.68. The van der Waals surface area contributed by atoms with Crippen molar-refractivity contribution < 1.29 is 19.4 Å². The molecule has 0 fully saturated rings. The number of hydrogen-bond acceptors (Lipinski definition) is 5. The van der Waals surface area contributed by atoms with Gasteiger partial charge in [0.15, 0.2) is 5.69 Å². The van der Waals surface area contributed by atoms with Crippen LogP contribution in [0.4, 0.5) is 0 Å². The van der Waals surface area contributed by atoms with Crippen molar-refractivity contribution in [2.45, 2.75) is 6.61 Å². The molecule has 0 atom stereocenters. The van der Waals surface area contributed by atoms with Gasteiger partial charge in [-0.2, -0.15) is 5.26 Å². The number of halogens is 1. The van der Waals surface area contributed by atoms with Crippen molar-refractivity contribution in [2.24, 2.45) is 0 Å². The Morgan fingerprint density at radius 2 is 2.14 bits per heavy atom. The molecule has 0 aliphatic carbocycles. The minimum Gasteiger partial charge on any atom is -0.477 e. The molecular weight excluding hydrogens is 394 g/mol. The van der Waals surface area contributed by atoms with Crippen molar-refractivity contribution in [3.05, 3.63) is 64.4 Å². The Labute approximate surface area is 170 Å². The van der Waals surface area contributed by atoms with Crippen LogP contribution in [0.15, 0.2) is 42.6 Å². The Kier molecular flexibility index (Phi) is 4.80. The Hall–Kier alpha value is -3.60. The summed E-state index contributed by atoms with van der Waals surface area (Å²) in [6.07, 6.45) is 1.49. The number of benzene rings is 2. The Morgan fingerprint density at radius 1 is 1.31 bits per heavy atom. The number of carboxylic acids is 1. The highest BCUT2D eigenvalue weighted by atomic mass is 35.5. The lowest BCUT2D eigenvalue weighted by molar-refractivity contribution is 0.0685. The largest absolute Gasteiger partial charge is 0.477 e. The van der Waals surface area contributed by atoms with Gasteiger partial charge in [-0.3, -0.25) is 0 Å². The topological polar surface area (TPSA) is 108 Å². The van der Waals surface area contributed by atoms with Gasteiger partial charge in [0.25, 0.3) is 0 Å². The van der Waals surface area contributed by atoms with Crippen molar-refractivity contribution >= 4 is 39.4 Å². The molecule has 0 unspecified atom stereocenters. The number of carbonyl (C=O) groups is 1. The number of fused-ring (bicyclic) bond motifs is 3. The van der Waals surface area contributed by atoms with Crippen LogP contribution < -0.4 is 4.74 Å². The minimum atomic E-state index is -1.13. The summed E-state index contributed by atoms with van der Waals surface area (Å²) in [4.78, 5) is 18.9. The molecule has 0 aliphatic heterocycles. The maximum Gasteiger partial charge on any atom is 0.354 e. The van der Waals surface area contributed by atoms with Crippen molar-refractivity contribution in [3.63, 3.8) is 0 Å². The fraction of sp³-hybridized carbons (Fsp3) is 0.0952. The van der Waals surface area contributed by atoms with Gasteiger partial charge in [-0.15, -0.1) is 0 Å². The molecule has 4 aromatic rings. The Balaban J connectivity index is 1.90. The van der Waals surface area contributed by atoms with Gasteiger partial charge in [0.05, 0.1) is 23.3 Å². The van der Waals surface area contributed by atoms with Gasteiger partial charge in [-0.05, 0) is 30.3 Å². The number of nitriles is 1. The van der Waals surface area contributed by atoms with E-state index in [2.05, 4.69) is 9.97 Å². The van der Waals surface area contributed by atoms with Crippen molar-refractivity contribution in [1.29, 1.82) is 5.26 Å². The number of carboxylic acid groups (broad SMARTS) is 1. The fourth-order valence-electron chi connectivity index (χ4n) is 3.30. The summed E-state index contributed by atoms with van der Waals surface area (Å²) >= 11 is 6.07. The molecule has 7 nitrogen and oxygen atoms in total. The van der Waals surface area contributed by atoms with Crippen molar-refractivity contribution in [1.82, 2.24) is 9.97 Å². The molecule has 2 aromatic carbocycles. The van der Waals surface area contributed by atoms with E-state index in [-0.39, 0.29) is 17.9 Å². The second-order valence-electron chi connectivity index (χ2n) is 6.27. The zero-order valence-electron chi connectivity index (χ0n) is 15.2. The van der Waals surface area contributed by atoms with Gasteiger partial charge in [-0.1, -0.05) is 17.7 Å². The van der Waals surface area contributed by atoms with E-state index in [9.17, 15) is 15.2 Å². The molecule has 0 bridgehead atoms. The van der Waals surface area contributed by atoms with Crippen LogP contribution in [-0.4, -0.2) is 28.2 Å². The predicted molar refractivity (Wildman–Crippen MR) is 108 cm³/mol. The van der Waals surface area contributed by atoms with E-state index in [1.807, 2.05) is 12.1 Å². The highest BCUT2D eigenvalue weighted by molar-refractivity contribution is 6.32. The third-order valence-electron chi connectivity index (χ3n) is 4.52. The van der Waals surface area contributed by atoms with Crippen LogP contribution in [-0.2, 0) is 11.3 Å². The summed E-state index contributed by atoms with van der Waals surface area (Å²) in [7, 11) is 1.50. The quantitative estimate of drug-likeness (QED) is 0.488. The Bertz CT molecular complexity index is 1310. The molecule has 2 aromatic heterocycles. The molecule has 2 N–H and O–H groups in total. The number of nitrogens with one attached hydrogen (secondary N) is 1. The Morgan fingerprint density at radius 3 is 2.86 bits per heavy atom. The first-order valence-corrected chi connectivity index (χ1v) is 8.93. The van der Waals surface area contributed by atoms with Gasteiger partial charge in [0.1, 0.15) is 23.1 Å². The van der Waals surface area contributed by atoms with Crippen LogP contribution in [0.25, 0.3) is 21.8 Å². The molecule has 0 saturated heterocycles. The lowest BCUT2D eigenvalue weighted by Crippen LogP contribution is -2.07. The molecule has 8 heteroatoms. The molecule has 0 amide bonds. The van der Waals surface area contributed by atoms with Crippen LogP contribution in [0.5, 0.6) is 11.5 Å². The number of aromatic amines is 1. The van der Waals surface area contributed by atoms with E-state index in [0.29, 0.717) is 33.0 Å². The minimum absolute atomic E-state index is 0.0619. The van der Waals surface area contributed by atoms with Gasteiger partial charge in [-0.25, -0.2) is 9.78 Å². The monoisotopic (exact) mass is 407 g/mol. The van der Waals surface area contributed by atoms with E-state index >= 15 is 0 Å².